The second-order valence-corrected chi connectivity index (χ2v) is 7.36. The van der Waals surface area contributed by atoms with Crippen LogP contribution in [-0.2, 0) is 19.6 Å². The number of hydrogen-bond donors (Lipinski definition) is 2. The van der Waals surface area contributed by atoms with Gasteiger partial charge in [-0.25, -0.2) is 13.1 Å². The maximum absolute atomic E-state index is 11.8. The van der Waals surface area contributed by atoms with E-state index in [0.717, 1.165) is 11.3 Å². The number of ether oxygens (including phenoxy) is 1. The van der Waals surface area contributed by atoms with Crippen molar-refractivity contribution >= 4 is 50.5 Å². The Morgan fingerprint density at radius 1 is 1.42 bits per heavy atom. The Morgan fingerprint density at radius 2 is 2.11 bits per heavy atom. The van der Waals surface area contributed by atoms with Crippen molar-refractivity contribution in [3.05, 3.63) is 14.7 Å². The fourth-order valence-electron chi connectivity index (χ4n) is 1.10. The van der Waals surface area contributed by atoms with Crippen molar-refractivity contribution in [1.82, 2.24) is 4.72 Å². The van der Waals surface area contributed by atoms with Crippen LogP contribution in [0.5, 0.6) is 0 Å². The van der Waals surface area contributed by atoms with Gasteiger partial charge in [-0.3, -0.25) is 4.79 Å². The molecule has 0 amide bonds. The van der Waals surface area contributed by atoms with Gasteiger partial charge in [-0.15, -0.1) is 11.3 Å². The highest BCUT2D eigenvalue weighted by atomic mass is 35.5. The van der Waals surface area contributed by atoms with Crippen molar-refractivity contribution in [2.45, 2.75) is 11.3 Å². The molecule has 0 saturated heterocycles. The minimum absolute atomic E-state index is 0.0196. The molecule has 10 heteroatoms. The van der Waals surface area contributed by atoms with Crippen molar-refractivity contribution in [2.75, 3.05) is 19.8 Å². The van der Waals surface area contributed by atoms with E-state index in [2.05, 4.69) is 4.72 Å². The molecule has 0 unspecified atom stereocenters. The molecule has 0 aliphatic rings. The highest BCUT2D eigenvalue weighted by Crippen LogP contribution is 2.33. The molecule has 1 aromatic heterocycles. The maximum atomic E-state index is 11.8. The summed E-state index contributed by atoms with van der Waals surface area (Å²) in [5.74, 6) is -0.972. The quantitative estimate of drug-likeness (QED) is 0.699. The van der Waals surface area contributed by atoms with Crippen molar-refractivity contribution in [3.63, 3.8) is 0 Å². The number of carboxylic acid groups (broad SMARTS) is 1. The second kappa shape index (κ2) is 7.41. The maximum Gasteiger partial charge on any atom is 0.305 e. The average Bonchev–Trinajstić information content (AvgIpc) is 2.63. The standard InChI is InChI=1S/C9H11Cl2NO5S2/c10-7-5-6(9(11)18-7)19(15,16)12-2-4-17-3-1-8(13)14/h5,12H,1-4H2,(H,13,14). The molecule has 0 radical (unpaired) electrons. The highest BCUT2D eigenvalue weighted by molar-refractivity contribution is 7.89. The molecule has 1 heterocycles. The summed E-state index contributed by atoms with van der Waals surface area (Å²) in [5, 5.41) is 8.36. The molecule has 19 heavy (non-hydrogen) atoms. The summed E-state index contributed by atoms with van der Waals surface area (Å²) in [4.78, 5) is 10.1. The normalized spacial score (nSPS) is 11.7. The number of hydrogen-bond acceptors (Lipinski definition) is 5. The summed E-state index contributed by atoms with van der Waals surface area (Å²) >= 11 is 12.4. The summed E-state index contributed by atoms with van der Waals surface area (Å²) in [6.45, 7) is 0.121. The lowest BCUT2D eigenvalue weighted by molar-refractivity contribution is -0.138. The van der Waals surface area contributed by atoms with Crippen LogP contribution in [0.4, 0.5) is 0 Å². The number of halogens is 2. The minimum Gasteiger partial charge on any atom is -0.481 e. The van der Waals surface area contributed by atoms with Gasteiger partial charge in [-0.1, -0.05) is 23.2 Å². The van der Waals surface area contributed by atoms with Crippen LogP contribution >= 0.6 is 34.5 Å². The fraction of sp³-hybridized carbons (Fsp3) is 0.444. The van der Waals surface area contributed by atoms with E-state index in [9.17, 15) is 13.2 Å². The van der Waals surface area contributed by atoms with Crippen molar-refractivity contribution in [2.24, 2.45) is 0 Å². The van der Waals surface area contributed by atoms with Gasteiger partial charge in [-0.2, -0.15) is 0 Å². The molecule has 2 N–H and O–H groups in total. The minimum atomic E-state index is -3.73. The van der Waals surface area contributed by atoms with Gasteiger partial charge in [0.15, 0.2) is 0 Å². The van der Waals surface area contributed by atoms with Gasteiger partial charge < -0.3 is 9.84 Å². The second-order valence-electron chi connectivity index (χ2n) is 3.34. The molecule has 0 fully saturated rings. The summed E-state index contributed by atoms with van der Waals surface area (Å²) < 4.78 is 31.2. The molecule has 0 saturated carbocycles. The van der Waals surface area contributed by atoms with E-state index in [1.165, 1.54) is 6.07 Å². The van der Waals surface area contributed by atoms with Crippen LogP contribution in [0.2, 0.25) is 8.67 Å². The average molecular weight is 348 g/mol. The van der Waals surface area contributed by atoms with Crippen LogP contribution in [0.1, 0.15) is 6.42 Å². The van der Waals surface area contributed by atoms with Crippen LogP contribution in [0.15, 0.2) is 11.0 Å². The van der Waals surface area contributed by atoms with E-state index in [0.29, 0.717) is 0 Å². The van der Waals surface area contributed by atoms with E-state index in [-0.39, 0.29) is 39.7 Å². The van der Waals surface area contributed by atoms with Gasteiger partial charge in [0.1, 0.15) is 9.23 Å². The first-order valence-electron chi connectivity index (χ1n) is 5.07. The number of aliphatic carboxylic acids is 1. The first kappa shape index (κ1) is 16.7. The lowest BCUT2D eigenvalue weighted by atomic mass is 10.5. The van der Waals surface area contributed by atoms with Crippen LogP contribution in [0, 0.1) is 0 Å². The van der Waals surface area contributed by atoms with Gasteiger partial charge in [0.25, 0.3) is 0 Å². The zero-order valence-corrected chi connectivity index (χ0v) is 12.7. The fourth-order valence-corrected chi connectivity index (χ4v) is 4.26. The molecule has 1 rings (SSSR count). The van der Waals surface area contributed by atoms with E-state index in [1.807, 2.05) is 0 Å². The van der Waals surface area contributed by atoms with Crippen molar-refractivity contribution in [3.8, 4) is 0 Å². The number of thiophene rings is 1. The topological polar surface area (TPSA) is 92.7 Å². The lowest BCUT2D eigenvalue weighted by Crippen LogP contribution is -2.27. The molecule has 0 aliphatic carbocycles. The number of sulfonamides is 1. The number of carbonyl (C=O) groups is 1. The van der Waals surface area contributed by atoms with Crippen molar-refractivity contribution in [1.29, 1.82) is 0 Å². The molecule has 0 spiro atoms. The van der Waals surface area contributed by atoms with Crippen LogP contribution < -0.4 is 4.72 Å². The molecular weight excluding hydrogens is 337 g/mol. The SMILES string of the molecule is O=C(O)CCOCCNS(=O)(=O)c1cc(Cl)sc1Cl. The van der Waals surface area contributed by atoms with E-state index in [4.69, 9.17) is 33.0 Å². The molecular formula is C9H11Cl2NO5S2. The smallest absolute Gasteiger partial charge is 0.305 e. The largest absolute Gasteiger partial charge is 0.481 e. The Balaban J connectivity index is 2.40. The van der Waals surface area contributed by atoms with Crippen LogP contribution in [0.25, 0.3) is 0 Å². The summed E-state index contributed by atoms with van der Waals surface area (Å²) in [6.07, 6.45) is -0.126. The number of nitrogens with one attached hydrogen (secondary N) is 1. The molecule has 0 aliphatic heterocycles. The van der Waals surface area contributed by atoms with Gasteiger partial charge in [-0.05, 0) is 6.07 Å². The Kier molecular flexibility index (Phi) is 6.51. The zero-order valence-electron chi connectivity index (χ0n) is 9.56. The predicted molar refractivity (Wildman–Crippen MR) is 72.6 cm³/mol. The molecule has 108 valence electrons. The summed E-state index contributed by atoms with van der Waals surface area (Å²) in [6, 6.07) is 1.27. The van der Waals surface area contributed by atoms with E-state index >= 15 is 0 Å². The monoisotopic (exact) mass is 347 g/mol. The summed E-state index contributed by atoms with van der Waals surface area (Å²) in [7, 11) is -3.73. The Labute approximate surface area is 124 Å². The molecule has 6 nitrogen and oxygen atoms in total. The molecule has 0 atom stereocenters. The predicted octanol–water partition coefficient (Wildman–Crippen LogP) is 1.82. The van der Waals surface area contributed by atoms with E-state index in [1.54, 1.807) is 0 Å². The van der Waals surface area contributed by atoms with Crippen LogP contribution in [-0.4, -0.2) is 39.3 Å². The Bertz CT molecular complexity index is 543. The third-order valence-electron chi connectivity index (χ3n) is 1.91. The van der Waals surface area contributed by atoms with Crippen molar-refractivity contribution < 1.29 is 23.1 Å². The third kappa shape index (κ3) is 5.64. The first-order chi connectivity index (χ1) is 8.83. The number of rotatable bonds is 8. The zero-order chi connectivity index (χ0) is 14.5. The molecule has 1 aromatic rings. The van der Waals surface area contributed by atoms with E-state index < -0.39 is 16.0 Å². The third-order valence-corrected chi connectivity index (χ3v) is 5.13. The Morgan fingerprint density at radius 3 is 2.63 bits per heavy atom. The first-order valence-corrected chi connectivity index (χ1v) is 8.12. The van der Waals surface area contributed by atoms with Gasteiger partial charge in [0, 0.05) is 6.54 Å². The van der Waals surface area contributed by atoms with Gasteiger partial charge in [0.2, 0.25) is 10.0 Å². The molecule has 0 bridgehead atoms. The van der Waals surface area contributed by atoms with Gasteiger partial charge in [0.05, 0.1) is 24.0 Å². The highest BCUT2D eigenvalue weighted by Gasteiger charge is 2.20. The molecule has 0 aromatic carbocycles. The summed E-state index contributed by atoms with van der Waals surface area (Å²) in [5.41, 5.74) is 0. The van der Waals surface area contributed by atoms with Crippen LogP contribution in [0.3, 0.4) is 0 Å². The Hall–Kier alpha value is -0.380. The number of carboxylic acids is 1. The van der Waals surface area contributed by atoms with Gasteiger partial charge >= 0.3 is 5.97 Å². The lowest BCUT2D eigenvalue weighted by Gasteiger charge is -2.06.